The van der Waals surface area contributed by atoms with Crippen LogP contribution in [0.2, 0.25) is 0 Å². The van der Waals surface area contributed by atoms with Crippen molar-refractivity contribution in [2.75, 3.05) is 6.61 Å². The number of nitrogens with one attached hydrogen (secondary N) is 1. The Morgan fingerprint density at radius 3 is 2.96 bits per heavy atom. The van der Waals surface area contributed by atoms with E-state index in [-0.39, 0.29) is 18.1 Å². The second-order valence-corrected chi connectivity index (χ2v) is 6.23. The third-order valence-electron chi connectivity index (χ3n) is 3.68. The molecular weight excluding hydrogens is 329 g/mol. The highest BCUT2D eigenvalue weighted by Gasteiger charge is 2.38. The average Bonchev–Trinajstić information content (AvgIpc) is 3.10. The minimum Gasteiger partial charge on any atom is -0.534 e. The topological polar surface area (TPSA) is 84.9 Å². The molecule has 2 aromatic rings. The number of ether oxygens (including phenoxy) is 1. The average molecular weight is 345 g/mol. The van der Waals surface area contributed by atoms with Crippen molar-refractivity contribution in [1.82, 2.24) is 5.32 Å². The molecule has 0 bridgehead atoms. The molecule has 6 nitrogen and oxygen atoms in total. The van der Waals surface area contributed by atoms with Crippen LogP contribution in [-0.2, 0) is 11.2 Å². The molecule has 2 N–H and O–H groups in total. The highest BCUT2D eigenvalue weighted by molar-refractivity contribution is 7.12. The first-order chi connectivity index (χ1) is 11.6. The van der Waals surface area contributed by atoms with Crippen molar-refractivity contribution in [2.45, 2.75) is 19.3 Å². The van der Waals surface area contributed by atoms with Gasteiger partial charge in [0.05, 0.1) is 17.4 Å². The highest BCUT2D eigenvalue weighted by Crippen LogP contribution is 2.30. The Morgan fingerprint density at radius 2 is 2.25 bits per heavy atom. The van der Waals surface area contributed by atoms with E-state index in [1.54, 1.807) is 37.3 Å². The fraction of sp³-hybridized carbons (Fsp3) is 0.250. The molecule has 1 aliphatic heterocycles. The predicted octanol–water partition coefficient (Wildman–Crippen LogP) is 1.68. The molecule has 0 saturated carbocycles. The van der Waals surface area contributed by atoms with Crippen molar-refractivity contribution in [2.24, 2.45) is 0 Å². The van der Waals surface area contributed by atoms with E-state index in [2.05, 4.69) is 5.32 Å². The van der Waals surface area contributed by atoms with Gasteiger partial charge in [-0.15, -0.1) is 11.3 Å². The van der Waals surface area contributed by atoms with Gasteiger partial charge in [-0.25, -0.2) is 4.79 Å². The molecule has 0 fully saturated rings. The lowest BCUT2D eigenvalue weighted by molar-refractivity contribution is 0.0523. The van der Waals surface area contributed by atoms with E-state index in [9.17, 15) is 14.6 Å². The quantitative estimate of drug-likeness (QED) is 0.651. The van der Waals surface area contributed by atoms with Crippen LogP contribution in [0.3, 0.4) is 0 Å². The Morgan fingerprint density at radius 1 is 1.42 bits per heavy atom. The summed E-state index contributed by atoms with van der Waals surface area (Å²) in [6, 6.07) is 8.61. The van der Waals surface area contributed by atoms with Gasteiger partial charge in [0.15, 0.2) is 0 Å². The van der Waals surface area contributed by atoms with Gasteiger partial charge in [0.2, 0.25) is 0 Å². The number of para-hydroxylation sites is 1. The smallest absolute Gasteiger partial charge is 0.534 e. The number of rotatable bonds is 4. The molecule has 1 aromatic heterocycles. The van der Waals surface area contributed by atoms with Gasteiger partial charge in [-0.1, -0.05) is 18.2 Å². The fourth-order valence-corrected chi connectivity index (χ4v) is 3.19. The Bertz CT molecular complexity index is 749. The second-order valence-electron chi connectivity index (χ2n) is 5.28. The summed E-state index contributed by atoms with van der Waals surface area (Å²) < 4.78 is 10.5. The molecule has 0 aliphatic carbocycles. The van der Waals surface area contributed by atoms with Crippen molar-refractivity contribution >= 4 is 30.3 Å². The summed E-state index contributed by atoms with van der Waals surface area (Å²) >= 11 is 1.32. The maximum atomic E-state index is 12.2. The lowest BCUT2D eigenvalue weighted by atomic mass is 9.72. The third kappa shape index (κ3) is 3.29. The molecule has 0 unspecified atom stereocenters. The van der Waals surface area contributed by atoms with Gasteiger partial charge in [0.25, 0.3) is 5.91 Å². The molecule has 1 atom stereocenters. The maximum absolute atomic E-state index is 12.2. The number of fused-ring (bicyclic) bond motifs is 1. The molecule has 0 saturated heterocycles. The minimum atomic E-state index is -1.24. The number of hydrogen-bond donors (Lipinski definition) is 2. The molecule has 1 aromatic carbocycles. The summed E-state index contributed by atoms with van der Waals surface area (Å²) in [7, 11) is -1.24. The molecule has 2 heterocycles. The van der Waals surface area contributed by atoms with E-state index in [1.165, 1.54) is 11.3 Å². The Hall–Kier alpha value is -2.32. The van der Waals surface area contributed by atoms with Gasteiger partial charge in [-0.3, -0.25) is 4.79 Å². The van der Waals surface area contributed by atoms with Crippen molar-refractivity contribution in [3.63, 3.8) is 0 Å². The molecule has 0 spiro atoms. The number of benzene rings is 1. The number of hydrogen-bond acceptors (Lipinski definition) is 6. The molecule has 0 radical (unpaired) electrons. The largest absolute Gasteiger partial charge is 0.547 e. The predicted molar refractivity (Wildman–Crippen MR) is 90.3 cm³/mol. The van der Waals surface area contributed by atoms with Crippen LogP contribution in [0.1, 0.15) is 32.5 Å². The molecule has 1 amide bonds. The van der Waals surface area contributed by atoms with E-state index in [1.807, 2.05) is 5.38 Å². The van der Waals surface area contributed by atoms with Crippen LogP contribution < -0.4 is 9.97 Å². The van der Waals surface area contributed by atoms with Crippen molar-refractivity contribution in [3.8, 4) is 5.75 Å². The lowest BCUT2D eigenvalue weighted by Crippen LogP contribution is -2.53. The first-order valence-electron chi connectivity index (χ1n) is 7.58. The van der Waals surface area contributed by atoms with E-state index < -0.39 is 19.0 Å². The summed E-state index contributed by atoms with van der Waals surface area (Å²) in [5.74, 6) is -1.04. The Kier molecular flexibility index (Phi) is 4.87. The minimum absolute atomic E-state index is 0.255. The summed E-state index contributed by atoms with van der Waals surface area (Å²) in [6.07, 6.45) is 0.362. The van der Waals surface area contributed by atoms with Crippen LogP contribution in [0.4, 0.5) is 0 Å². The van der Waals surface area contributed by atoms with E-state index >= 15 is 0 Å². The molecule has 124 valence electrons. The van der Waals surface area contributed by atoms with Crippen LogP contribution >= 0.6 is 11.3 Å². The number of carbonyl (C=O) groups is 2. The van der Waals surface area contributed by atoms with Crippen molar-refractivity contribution < 1.29 is 24.0 Å². The highest BCUT2D eigenvalue weighted by atomic mass is 32.1. The molecular formula is C16H16BNO5S. The zero-order valence-electron chi connectivity index (χ0n) is 13.0. The third-order valence-corrected chi connectivity index (χ3v) is 4.54. The van der Waals surface area contributed by atoms with E-state index in [0.29, 0.717) is 17.0 Å². The van der Waals surface area contributed by atoms with E-state index in [0.717, 1.165) is 5.56 Å². The second kappa shape index (κ2) is 7.06. The lowest BCUT2D eigenvalue weighted by Gasteiger charge is -2.29. The molecule has 3 rings (SSSR count). The summed E-state index contributed by atoms with van der Waals surface area (Å²) in [6.45, 7) is 1.98. The van der Waals surface area contributed by atoms with Gasteiger partial charge >= 0.3 is 13.1 Å². The van der Waals surface area contributed by atoms with Crippen LogP contribution in [-0.4, -0.2) is 36.6 Å². The monoisotopic (exact) mass is 345 g/mol. The fourth-order valence-electron chi connectivity index (χ4n) is 2.56. The number of amides is 1. The number of carbonyl (C=O) groups excluding carboxylic acids is 2. The van der Waals surface area contributed by atoms with Gasteiger partial charge < -0.3 is 19.7 Å². The molecule has 24 heavy (non-hydrogen) atoms. The number of esters is 1. The Balaban J connectivity index is 1.79. The summed E-state index contributed by atoms with van der Waals surface area (Å²) in [5.41, 5.74) is 1.01. The first kappa shape index (κ1) is 16.5. The molecule has 8 heteroatoms. The SMILES string of the molecule is CCOC(=O)c1cccc2c1OB(O)[C@@H](NC(=O)c1cccs1)C2. The molecule has 1 aliphatic rings. The zero-order chi connectivity index (χ0) is 17.1. The van der Waals surface area contributed by atoms with Crippen LogP contribution in [0.15, 0.2) is 35.7 Å². The van der Waals surface area contributed by atoms with E-state index in [4.69, 9.17) is 9.39 Å². The van der Waals surface area contributed by atoms with Crippen molar-refractivity contribution in [1.29, 1.82) is 0 Å². The normalized spacial score (nSPS) is 16.1. The first-order valence-corrected chi connectivity index (χ1v) is 8.46. The standard InChI is InChI=1S/C16H16BNO5S/c1-2-22-16(20)11-6-3-5-10-9-13(17(21)23-14(10)11)18-15(19)12-7-4-8-24-12/h3-8,13,21H,2,9H2,1H3,(H,18,19)/t13-/m0/s1. The summed E-state index contributed by atoms with van der Waals surface area (Å²) in [5, 5.41) is 14.8. The van der Waals surface area contributed by atoms with Crippen LogP contribution in [0, 0.1) is 0 Å². The maximum Gasteiger partial charge on any atom is 0.547 e. The van der Waals surface area contributed by atoms with Gasteiger partial charge in [0.1, 0.15) is 11.3 Å². The Labute approximate surface area is 143 Å². The van der Waals surface area contributed by atoms with Gasteiger partial charge in [-0.05, 0) is 36.4 Å². The summed E-state index contributed by atoms with van der Waals surface area (Å²) in [4.78, 5) is 24.7. The van der Waals surface area contributed by atoms with Gasteiger partial charge in [-0.2, -0.15) is 0 Å². The van der Waals surface area contributed by atoms with Crippen molar-refractivity contribution in [3.05, 3.63) is 51.7 Å². The van der Waals surface area contributed by atoms with Crippen LogP contribution in [0.25, 0.3) is 0 Å². The van der Waals surface area contributed by atoms with Crippen LogP contribution in [0.5, 0.6) is 5.75 Å². The number of thiophene rings is 1. The van der Waals surface area contributed by atoms with Gasteiger partial charge in [0, 0.05) is 0 Å². The zero-order valence-corrected chi connectivity index (χ0v) is 13.8.